The normalized spacial score (nSPS) is 20.6. The van der Waals surface area contributed by atoms with Gasteiger partial charge in [-0.15, -0.1) is 12.4 Å². The molecule has 0 heterocycles. The van der Waals surface area contributed by atoms with E-state index >= 15 is 0 Å². The van der Waals surface area contributed by atoms with Gasteiger partial charge in [-0.2, -0.15) is 0 Å². The first-order chi connectivity index (χ1) is 11.9. The Morgan fingerprint density at radius 3 is 2.77 bits per heavy atom. The van der Waals surface area contributed by atoms with Gasteiger partial charge in [-0.05, 0) is 42.5 Å². The Morgan fingerprint density at radius 1 is 1.38 bits per heavy atom. The van der Waals surface area contributed by atoms with Gasteiger partial charge < -0.3 is 10.1 Å². The summed E-state index contributed by atoms with van der Waals surface area (Å²) in [5.74, 6) is 0.907. The van der Waals surface area contributed by atoms with Crippen LogP contribution < -0.4 is 10.1 Å². The van der Waals surface area contributed by atoms with Gasteiger partial charge in [-0.25, -0.2) is 0 Å². The molecule has 0 saturated heterocycles. The molecule has 26 heavy (non-hydrogen) atoms. The lowest BCUT2D eigenvalue weighted by Crippen LogP contribution is -2.25. The maximum Gasteiger partial charge on any atom is 0.156 e. The lowest BCUT2D eigenvalue weighted by atomic mass is 9.70. The van der Waals surface area contributed by atoms with E-state index in [1.54, 1.807) is 13.1 Å². The molecule has 3 rings (SSSR count). The average Bonchev–Trinajstić information content (AvgIpc) is 2.90. The molecule has 0 fully saturated rings. The molecule has 2 N–H and O–H groups in total. The van der Waals surface area contributed by atoms with Gasteiger partial charge in [0, 0.05) is 24.4 Å². The molecule has 0 bridgehead atoms. The van der Waals surface area contributed by atoms with Gasteiger partial charge in [0.15, 0.2) is 5.78 Å². The minimum atomic E-state index is -0.0196. The third kappa shape index (κ3) is 3.60. The Labute approximate surface area is 170 Å². The fourth-order valence-electron chi connectivity index (χ4n) is 4.01. The highest BCUT2D eigenvalue weighted by molar-refractivity contribution is 6.44. The Bertz CT molecular complexity index is 777. The molecule has 7 heteroatoms. The number of rotatable bonds is 5. The van der Waals surface area contributed by atoms with Crippen molar-refractivity contribution in [1.29, 1.82) is 5.41 Å². The molecule has 0 aromatic heterocycles. The Balaban J connectivity index is 0.00000243. The molecule has 1 aromatic rings. The maximum atomic E-state index is 12.0. The van der Waals surface area contributed by atoms with Crippen LogP contribution in [0, 0.1) is 10.8 Å². The molecule has 0 unspecified atom stereocenters. The SMILES string of the molecule is CCC[C@]12CCC(=O)C=C1c1c(cc(OCC(=N)NC)c(Cl)c1Cl)C2.Cl. The van der Waals surface area contributed by atoms with Crippen molar-refractivity contribution in [1.82, 2.24) is 5.32 Å². The van der Waals surface area contributed by atoms with Gasteiger partial charge in [0.2, 0.25) is 0 Å². The molecule has 1 atom stereocenters. The molecule has 0 aliphatic heterocycles. The summed E-state index contributed by atoms with van der Waals surface area (Å²) in [6.07, 6.45) is 6.14. The van der Waals surface area contributed by atoms with Gasteiger partial charge in [-0.3, -0.25) is 10.2 Å². The van der Waals surface area contributed by atoms with Crippen molar-refractivity contribution in [2.45, 2.75) is 39.0 Å². The van der Waals surface area contributed by atoms with Crippen molar-refractivity contribution in [2.75, 3.05) is 13.7 Å². The molecule has 0 saturated carbocycles. The third-order valence-corrected chi connectivity index (χ3v) is 6.03. The largest absolute Gasteiger partial charge is 0.484 e. The number of halogens is 3. The number of allylic oxidation sites excluding steroid dienone is 2. The first-order valence-corrected chi connectivity index (χ1v) is 9.31. The zero-order chi connectivity index (χ0) is 18.2. The second-order valence-corrected chi connectivity index (χ2v) is 7.54. The molecule has 0 radical (unpaired) electrons. The van der Waals surface area contributed by atoms with E-state index in [9.17, 15) is 4.79 Å². The number of amidine groups is 1. The molecular formula is C19H23Cl3N2O2. The van der Waals surface area contributed by atoms with Crippen molar-refractivity contribution < 1.29 is 9.53 Å². The fraction of sp³-hybridized carbons (Fsp3) is 0.474. The van der Waals surface area contributed by atoms with Gasteiger partial charge in [0.05, 0.1) is 5.02 Å². The molecule has 142 valence electrons. The third-order valence-electron chi connectivity index (χ3n) is 5.18. The second-order valence-electron chi connectivity index (χ2n) is 6.79. The number of hydrogen-bond donors (Lipinski definition) is 2. The molecular weight excluding hydrogens is 395 g/mol. The van der Waals surface area contributed by atoms with Crippen molar-refractivity contribution in [2.24, 2.45) is 5.41 Å². The molecule has 2 aliphatic carbocycles. The van der Waals surface area contributed by atoms with E-state index < -0.39 is 0 Å². The zero-order valence-corrected chi connectivity index (χ0v) is 17.2. The van der Waals surface area contributed by atoms with Crippen LogP contribution in [0.3, 0.4) is 0 Å². The number of nitrogens with one attached hydrogen (secondary N) is 2. The molecule has 2 aliphatic rings. The van der Waals surface area contributed by atoms with E-state index in [0.29, 0.717) is 22.2 Å². The summed E-state index contributed by atoms with van der Waals surface area (Å²) in [6, 6.07) is 1.92. The fourth-order valence-corrected chi connectivity index (χ4v) is 4.53. The van der Waals surface area contributed by atoms with E-state index in [-0.39, 0.29) is 36.0 Å². The topological polar surface area (TPSA) is 62.2 Å². The van der Waals surface area contributed by atoms with Crippen molar-refractivity contribution in [3.8, 4) is 5.75 Å². The van der Waals surface area contributed by atoms with Crippen LogP contribution >= 0.6 is 35.6 Å². The Hall–Kier alpha value is -1.23. The van der Waals surface area contributed by atoms with Gasteiger partial charge in [0.1, 0.15) is 23.2 Å². The first-order valence-electron chi connectivity index (χ1n) is 8.56. The number of ether oxygens (including phenoxy) is 1. The molecule has 1 aromatic carbocycles. The molecule has 0 amide bonds. The smallest absolute Gasteiger partial charge is 0.156 e. The Morgan fingerprint density at radius 2 is 2.12 bits per heavy atom. The van der Waals surface area contributed by atoms with E-state index in [1.807, 2.05) is 6.07 Å². The number of likely N-dealkylation sites (N-methyl/N-ethyl adjacent to an activating group) is 1. The van der Waals surface area contributed by atoms with Gasteiger partial charge in [-0.1, -0.05) is 36.5 Å². The standard InChI is InChI=1S/C19H22Cl2N2O2.ClH/c1-3-5-19-6-4-12(24)8-13(19)16-11(9-19)7-14(17(20)18(16)21)25-10-15(22)23-2;/h7-8H,3-6,9-10H2,1-2H3,(H2,22,23);1H/t19-;/m1./s1. The van der Waals surface area contributed by atoms with Crippen LogP contribution in [0.5, 0.6) is 5.75 Å². The second kappa shape index (κ2) is 8.20. The van der Waals surface area contributed by atoms with Crippen molar-refractivity contribution in [3.05, 3.63) is 33.3 Å². The highest BCUT2D eigenvalue weighted by Crippen LogP contribution is 2.58. The lowest BCUT2D eigenvalue weighted by molar-refractivity contribution is -0.115. The quantitative estimate of drug-likeness (QED) is 0.519. The number of carbonyl (C=O) groups is 1. The monoisotopic (exact) mass is 416 g/mol. The van der Waals surface area contributed by atoms with Crippen molar-refractivity contribution >= 4 is 52.8 Å². The summed E-state index contributed by atoms with van der Waals surface area (Å²) in [5.41, 5.74) is 3.01. The van der Waals surface area contributed by atoms with Crippen molar-refractivity contribution in [3.63, 3.8) is 0 Å². The minimum absolute atomic E-state index is 0. The van der Waals surface area contributed by atoms with Crippen LogP contribution in [0.4, 0.5) is 0 Å². The number of fused-ring (bicyclic) bond motifs is 3. The summed E-state index contributed by atoms with van der Waals surface area (Å²) in [6.45, 7) is 2.27. The van der Waals surface area contributed by atoms with E-state index in [4.69, 9.17) is 33.3 Å². The van der Waals surface area contributed by atoms with Crippen LogP contribution in [0.25, 0.3) is 5.57 Å². The summed E-state index contributed by atoms with van der Waals surface area (Å²) < 4.78 is 5.67. The zero-order valence-electron chi connectivity index (χ0n) is 14.9. The number of ketones is 1. The van der Waals surface area contributed by atoms with Gasteiger partial charge in [0.25, 0.3) is 0 Å². The number of hydrogen-bond acceptors (Lipinski definition) is 3. The lowest BCUT2D eigenvalue weighted by Gasteiger charge is -2.33. The van der Waals surface area contributed by atoms with Gasteiger partial charge >= 0.3 is 0 Å². The Kier molecular flexibility index (Phi) is 6.65. The first kappa shape index (κ1) is 21.1. The number of benzene rings is 1. The van der Waals surface area contributed by atoms with Crippen LogP contribution in [0.15, 0.2) is 12.1 Å². The van der Waals surface area contributed by atoms with Crippen LogP contribution in [-0.2, 0) is 11.2 Å². The van der Waals surface area contributed by atoms with Crippen LogP contribution in [-0.4, -0.2) is 25.3 Å². The van der Waals surface area contributed by atoms with Crippen LogP contribution in [0.1, 0.15) is 43.7 Å². The summed E-state index contributed by atoms with van der Waals surface area (Å²) in [7, 11) is 1.67. The highest BCUT2D eigenvalue weighted by Gasteiger charge is 2.45. The van der Waals surface area contributed by atoms with E-state index in [1.165, 1.54) is 0 Å². The predicted octanol–water partition coefficient (Wildman–Crippen LogP) is 5.08. The van der Waals surface area contributed by atoms with E-state index in [2.05, 4.69) is 12.2 Å². The maximum absolute atomic E-state index is 12.0. The molecule has 0 spiro atoms. The summed E-state index contributed by atoms with van der Waals surface area (Å²) >= 11 is 13.0. The predicted molar refractivity (Wildman–Crippen MR) is 109 cm³/mol. The van der Waals surface area contributed by atoms with Crippen LogP contribution in [0.2, 0.25) is 10.0 Å². The average molecular weight is 418 g/mol. The summed E-state index contributed by atoms with van der Waals surface area (Å²) in [5, 5.41) is 11.2. The highest BCUT2D eigenvalue weighted by atomic mass is 35.5. The number of carbonyl (C=O) groups excluding carboxylic acids is 1. The van der Waals surface area contributed by atoms with E-state index in [0.717, 1.165) is 42.4 Å². The summed E-state index contributed by atoms with van der Waals surface area (Å²) in [4.78, 5) is 12.0. The molecule has 4 nitrogen and oxygen atoms in total. The minimum Gasteiger partial charge on any atom is -0.484 e.